The van der Waals surface area contributed by atoms with E-state index in [4.69, 9.17) is 29.9 Å². The Bertz CT molecular complexity index is 6440. The van der Waals surface area contributed by atoms with Gasteiger partial charge in [0.05, 0.1) is 84.1 Å². The molecule has 0 fully saturated rings. The molecule has 468 valence electrons. The molecule has 0 saturated heterocycles. The summed E-state index contributed by atoms with van der Waals surface area (Å²) >= 11 is 0. The molecule has 0 atom stereocenters. The lowest BCUT2D eigenvalue weighted by molar-refractivity contribution is 0.995. The first-order valence-corrected chi connectivity index (χ1v) is 33.6. The highest BCUT2D eigenvalue weighted by molar-refractivity contribution is 6.19. The van der Waals surface area contributed by atoms with Gasteiger partial charge in [0.1, 0.15) is 0 Å². The Morgan fingerprint density at radius 2 is 0.640 bits per heavy atom. The maximum absolute atomic E-state index is 5.22. The second-order valence-corrected chi connectivity index (χ2v) is 25.0. The molecule has 20 rings (SSSR count). The minimum atomic E-state index is 0.638. The molecule has 0 spiro atoms. The van der Waals surface area contributed by atoms with Gasteiger partial charge in [0.15, 0.2) is 5.82 Å². The van der Waals surface area contributed by atoms with Crippen molar-refractivity contribution in [2.75, 3.05) is 0 Å². The maximum Gasteiger partial charge on any atom is 0.235 e. The fraction of sp³-hybridized carbons (Fsp3) is 0. The number of rotatable bonds is 10. The van der Waals surface area contributed by atoms with Crippen molar-refractivity contribution in [2.24, 2.45) is 0 Å². The number of nitrogens with zero attached hydrogens (tertiary/aromatic N) is 10. The van der Waals surface area contributed by atoms with Crippen molar-refractivity contribution in [1.29, 1.82) is 0 Å². The van der Waals surface area contributed by atoms with Crippen LogP contribution in [0.1, 0.15) is 0 Å². The molecule has 12 aromatic carbocycles. The number of para-hydroxylation sites is 4. The normalized spacial score (nSPS) is 11.6. The van der Waals surface area contributed by atoms with Crippen LogP contribution in [0.2, 0.25) is 0 Å². The molecular weight excluding hydrogens is 1220 g/mol. The summed E-state index contributed by atoms with van der Waals surface area (Å²) in [5.41, 5.74) is 25.3. The molecule has 0 aliphatic rings. The first-order valence-electron chi connectivity index (χ1n) is 33.6. The van der Waals surface area contributed by atoms with E-state index in [1.54, 1.807) is 0 Å². The fourth-order valence-corrected chi connectivity index (χ4v) is 14.8. The molecule has 0 bridgehead atoms. The predicted molar refractivity (Wildman–Crippen MR) is 410 cm³/mol. The monoisotopic (exact) mass is 1280 g/mol. The van der Waals surface area contributed by atoms with Gasteiger partial charge in [0.2, 0.25) is 5.95 Å². The van der Waals surface area contributed by atoms with Crippen molar-refractivity contribution in [1.82, 2.24) is 48.2 Å². The third-order valence-corrected chi connectivity index (χ3v) is 19.2. The van der Waals surface area contributed by atoms with Crippen LogP contribution in [0.5, 0.6) is 0 Å². The van der Waals surface area contributed by atoms with E-state index in [9.17, 15) is 0 Å². The number of hydrogen-bond acceptors (Lipinski definition) is 6. The summed E-state index contributed by atoms with van der Waals surface area (Å²) in [5, 5.41) is 6.92. The van der Waals surface area contributed by atoms with Crippen LogP contribution >= 0.6 is 0 Å². The minimum absolute atomic E-state index is 0.638. The van der Waals surface area contributed by atoms with Crippen molar-refractivity contribution >= 4 is 87.5 Å². The zero-order valence-corrected chi connectivity index (χ0v) is 54.0. The van der Waals surface area contributed by atoms with Gasteiger partial charge < -0.3 is 13.7 Å². The molecule has 0 unspecified atom stereocenters. The predicted octanol–water partition coefficient (Wildman–Crippen LogP) is 22.1. The molecule has 10 nitrogen and oxygen atoms in total. The molecular formula is C90H58N10. The van der Waals surface area contributed by atoms with Gasteiger partial charge in [0.25, 0.3) is 0 Å². The highest BCUT2D eigenvalue weighted by Gasteiger charge is 2.24. The van der Waals surface area contributed by atoms with Gasteiger partial charge in [-0.05, 0) is 125 Å². The van der Waals surface area contributed by atoms with Gasteiger partial charge in [-0.2, -0.15) is 0 Å². The summed E-state index contributed by atoms with van der Waals surface area (Å²) in [5.74, 6) is 1.34. The second kappa shape index (κ2) is 24.2. The van der Waals surface area contributed by atoms with E-state index < -0.39 is 0 Å². The topological polar surface area (TPSA) is 97.1 Å². The van der Waals surface area contributed by atoms with Crippen LogP contribution in [0.25, 0.3) is 178 Å². The van der Waals surface area contributed by atoms with Crippen molar-refractivity contribution in [3.63, 3.8) is 0 Å². The highest BCUT2D eigenvalue weighted by atomic mass is 15.2. The first kappa shape index (κ1) is 57.7. The summed E-state index contributed by atoms with van der Waals surface area (Å²) in [7, 11) is 0. The molecule has 0 aliphatic heterocycles. The summed E-state index contributed by atoms with van der Waals surface area (Å²) in [6.07, 6.45) is 5.74. The standard InChI is InChI=1S/2C45H29N5/c1-4-14-30(15-5-1)37-29-38(31-16-6-2-7-17-31)48-45(47-37)50-39-22-11-10-20-35(39)43-34(21-12-23-41(43)50)32-25-26-40-36(28-32)44-42(24-13-27-46-44)49(40)33-18-8-3-9-19-33;1-4-14-30(15-5-1)43-41(29-47-45(48-43)31-16-6-2-7-17-31)50-37-22-11-10-20-35(37)42-34(21-12-23-39(42)50)32-25-26-38-36(28-32)44-40(24-13-27-46-44)49(38)33-18-8-3-9-19-33/h2*1-29H. The molecule has 0 N–H and O–H groups in total. The van der Waals surface area contributed by atoms with Crippen LogP contribution in [0, 0.1) is 0 Å². The van der Waals surface area contributed by atoms with E-state index in [0.29, 0.717) is 11.8 Å². The Morgan fingerprint density at radius 3 is 1.14 bits per heavy atom. The van der Waals surface area contributed by atoms with E-state index in [2.05, 4.69) is 303 Å². The number of aromatic nitrogens is 10. The van der Waals surface area contributed by atoms with Gasteiger partial charge in [-0.15, -0.1) is 0 Å². The van der Waals surface area contributed by atoms with E-state index in [1.165, 1.54) is 16.3 Å². The molecule has 8 heterocycles. The fourth-order valence-electron chi connectivity index (χ4n) is 14.8. The minimum Gasteiger partial charge on any atom is -0.308 e. The number of benzene rings is 12. The number of pyridine rings is 2. The van der Waals surface area contributed by atoms with Crippen LogP contribution in [-0.4, -0.2) is 48.2 Å². The lowest BCUT2D eigenvalue weighted by Gasteiger charge is -2.14. The molecule has 8 aromatic heterocycles. The van der Waals surface area contributed by atoms with Crippen LogP contribution < -0.4 is 0 Å². The molecule has 0 aliphatic carbocycles. The Balaban J connectivity index is 0.000000139. The molecule has 0 saturated carbocycles. The Morgan fingerprint density at radius 1 is 0.240 bits per heavy atom. The molecule has 0 radical (unpaired) electrons. The van der Waals surface area contributed by atoms with Crippen LogP contribution in [0.4, 0.5) is 0 Å². The lowest BCUT2D eigenvalue weighted by atomic mass is 9.98. The zero-order chi connectivity index (χ0) is 66.0. The third kappa shape index (κ3) is 9.72. The van der Waals surface area contributed by atoms with Gasteiger partial charge in [0, 0.05) is 78.3 Å². The van der Waals surface area contributed by atoms with Crippen LogP contribution in [0.15, 0.2) is 352 Å². The number of hydrogen-bond donors (Lipinski definition) is 0. The van der Waals surface area contributed by atoms with Crippen LogP contribution in [0.3, 0.4) is 0 Å². The van der Waals surface area contributed by atoms with Gasteiger partial charge in [-0.1, -0.05) is 231 Å². The summed E-state index contributed by atoms with van der Waals surface area (Å²) < 4.78 is 9.15. The number of fused-ring (bicyclic) bond motifs is 12. The largest absolute Gasteiger partial charge is 0.308 e. The third-order valence-electron chi connectivity index (χ3n) is 19.2. The van der Waals surface area contributed by atoms with Gasteiger partial charge >= 0.3 is 0 Å². The molecule has 20 aromatic rings. The van der Waals surface area contributed by atoms with Crippen molar-refractivity contribution in [2.45, 2.75) is 0 Å². The highest BCUT2D eigenvalue weighted by Crippen LogP contribution is 2.45. The summed E-state index contributed by atoms with van der Waals surface area (Å²) in [6, 6.07) is 117. The maximum atomic E-state index is 5.22. The van der Waals surface area contributed by atoms with Crippen molar-refractivity contribution < 1.29 is 0 Å². The zero-order valence-electron chi connectivity index (χ0n) is 54.0. The van der Waals surface area contributed by atoms with E-state index in [-0.39, 0.29) is 0 Å². The van der Waals surface area contributed by atoms with E-state index >= 15 is 0 Å². The van der Waals surface area contributed by atoms with Crippen LogP contribution in [-0.2, 0) is 0 Å². The first-order chi connectivity index (χ1) is 49.6. The molecule has 10 heteroatoms. The summed E-state index contributed by atoms with van der Waals surface area (Å²) in [4.78, 5) is 30.3. The van der Waals surface area contributed by atoms with Crippen molar-refractivity contribution in [3.8, 4) is 90.4 Å². The van der Waals surface area contributed by atoms with Crippen molar-refractivity contribution in [3.05, 3.63) is 352 Å². The van der Waals surface area contributed by atoms with E-state index in [0.717, 1.165) is 150 Å². The second-order valence-electron chi connectivity index (χ2n) is 25.0. The smallest absolute Gasteiger partial charge is 0.235 e. The van der Waals surface area contributed by atoms with Gasteiger partial charge in [-0.25, -0.2) is 19.9 Å². The lowest BCUT2D eigenvalue weighted by Crippen LogP contribution is -2.04. The molecule has 100 heavy (non-hydrogen) atoms. The Kier molecular flexibility index (Phi) is 14.0. The summed E-state index contributed by atoms with van der Waals surface area (Å²) in [6.45, 7) is 0. The SMILES string of the molecule is c1ccc(-c2cc(-c3ccccc3)nc(-n3c4ccccc4c4c(-c5ccc6c(c5)c5ncccc5n6-c5ccccc5)cccc43)n2)cc1.c1ccc(-c2ncc(-n3c4ccccc4c4c(-c5ccc6c(c5)c5ncccc5n6-c5ccccc5)cccc43)c(-c3ccccc3)n2)cc1. The average Bonchev–Trinajstić information content (AvgIpc) is 1.60. The quantitative estimate of drug-likeness (QED) is 0.135. The Hall–Kier alpha value is -13.7. The Labute approximate surface area is 575 Å². The van der Waals surface area contributed by atoms with Gasteiger partial charge in [-0.3, -0.25) is 14.5 Å². The molecule has 0 amide bonds. The van der Waals surface area contributed by atoms with E-state index in [1.807, 2.05) is 67.1 Å². The average molecular weight is 1280 g/mol.